The van der Waals surface area contributed by atoms with Crippen molar-refractivity contribution in [3.8, 4) is 0 Å². The first kappa shape index (κ1) is 12.1. The molecular weight excluding hydrogens is 232 g/mol. The van der Waals surface area contributed by atoms with E-state index in [0.29, 0.717) is 0 Å². The molecule has 1 aromatic carbocycles. The normalized spacial score (nSPS) is 10.4. The number of aromatic nitrogens is 1. The lowest BCUT2D eigenvalue weighted by Crippen LogP contribution is -2.16. The van der Waals surface area contributed by atoms with Crippen LogP contribution in [0.5, 0.6) is 0 Å². The van der Waals surface area contributed by atoms with Gasteiger partial charge in [0.1, 0.15) is 0 Å². The Morgan fingerprint density at radius 1 is 1.06 bits per heavy atom. The monoisotopic (exact) mass is 246 g/mol. The van der Waals surface area contributed by atoms with Crippen molar-refractivity contribution in [3.05, 3.63) is 64.9 Å². The minimum atomic E-state index is 0.780. The molecule has 0 saturated carbocycles. The lowest BCUT2D eigenvalue weighted by molar-refractivity contribution is 0.680. The fourth-order valence-corrected chi connectivity index (χ4v) is 1.72. The van der Waals surface area contributed by atoms with Gasteiger partial charge in [-0.15, -0.1) is 0 Å². The zero-order valence-corrected chi connectivity index (χ0v) is 10.3. The molecule has 0 spiro atoms. The molecule has 0 bridgehead atoms. The second-order valence-corrected chi connectivity index (χ2v) is 4.31. The van der Waals surface area contributed by atoms with Crippen molar-refractivity contribution < 1.29 is 0 Å². The Bertz CT molecular complexity index is 440. The zero-order valence-electron chi connectivity index (χ0n) is 9.57. The van der Waals surface area contributed by atoms with Gasteiger partial charge in [-0.2, -0.15) is 0 Å². The number of pyridine rings is 1. The molecule has 0 aliphatic heterocycles. The van der Waals surface area contributed by atoms with E-state index in [0.717, 1.165) is 30.2 Å². The third kappa shape index (κ3) is 4.17. The molecule has 0 fully saturated rings. The third-order valence-corrected chi connectivity index (χ3v) is 2.78. The molecule has 0 radical (unpaired) electrons. The van der Waals surface area contributed by atoms with E-state index in [-0.39, 0.29) is 0 Å². The molecule has 17 heavy (non-hydrogen) atoms. The number of benzene rings is 1. The lowest BCUT2D eigenvalue weighted by Gasteiger charge is -2.04. The molecule has 0 atom stereocenters. The van der Waals surface area contributed by atoms with Gasteiger partial charge in [-0.3, -0.25) is 4.98 Å². The number of rotatable bonds is 5. The molecule has 0 unspecified atom stereocenters. The van der Waals surface area contributed by atoms with E-state index >= 15 is 0 Å². The fraction of sp³-hybridized carbons (Fsp3) is 0.214. The minimum Gasteiger partial charge on any atom is -0.312 e. The van der Waals surface area contributed by atoms with Gasteiger partial charge in [0.2, 0.25) is 0 Å². The van der Waals surface area contributed by atoms with E-state index in [1.807, 2.05) is 48.7 Å². The quantitative estimate of drug-likeness (QED) is 0.821. The van der Waals surface area contributed by atoms with Crippen LogP contribution < -0.4 is 5.32 Å². The number of halogens is 1. The van der Waals surface area contributed by atoms with E-state index in [9.17, 15) is 0 Å². The van der Waals surface area contributed by atoms with Crippen LogP contribution in [-0.2, 0) is 13.0 Å². The lowest BCUT2D eigenvalue weighted by atomic mass is 10.2. The van der Waals surface area contributed by atoms with E-state index < -0.39 is 0 Å². The Labute approximate surface area is 107 Å². The average Bonchev–Trinajstić information content (AvgIpc) is 2.38. The molecule has 0 saturated heterocycles. The first-order valence-corrected chi connectivity index (χ1v) is 6.07. The van der Waals surface area contributed by atoms with Gasteiger partial charge in [-0.1, -0.05) is 29.8 Å². The minimum absolute atomic E-state index is 0.780. The van der Waals surface area contributed by atoms with Crippen molar-refractivity contribution in [3.63, 3.8) is 0 Å². The van der Waals surface area contributed by atoms with E-state index in [2.05, 4.69) is 10.3 Å². The molecule has 3 heteroatoms. The Hall–Kier alpha value is -1.38. The van der Waals surface area contributed by atoms with Crippen LogP contribution >= 0.6 is 11.6 Å². The molecule has 0 aliphatic rings. The van der Waals surface area contributed by atoms with Crippen LogP contribution in [0.3, 0.4) is 0 Å². The molecule has 0 amide bonds. The van der Waals surface area contributed by atoms with Crippen molar-refractivity contribution in [2.75, 3.05) is 6.54 Å². The Kier molecular flexibility index (Phi) is 4.54. The topological polar surface area (TPSA) is 24.9 Å². The van der Waals surface area contributed by atoms with E-state index in [1.165, 1.54) is 5.56 Å². The largest absolute Gasteiger partial charge is 0.312 e. The number of hydrogen-bond donors (Lipinski definition) is 1. The predicted octanol–water partition coefficient (Wildman–Crippen LogP) is 3.07. The summed E-state index contributed by atoms with van der Waals surface area (Å²) < 4.78 is 0. The van der Waals surface area contributed by atoms with Crippen LogP contribution in [0.2, 0.25) is 5.02 Å². The maximum atomic E-state index is 5.82. The van der Waals surface area contributed by atoms with Gasteiger partial charge in [0, 0.05) is 36.4 Å². The highest BCUT2D eigenvalue weighted by atomic mass is 35.5. The highest BCUT2D eigenvalue weighted by Crippen LogP contribution is 2.09. The molecule has 2 nitrogen and oxygen atoms in total. The van der Waals surface area contributed by atoms with Crippen LogP contribution in [-0.4, -0.2) is 11.5 Å². The number of hydrogen-bond acceptors (Lipinski definition) is 2. The Morgan fingerprint density at radius 2 is 1.88 bits per heavy atom. The van der Waals surface area contributed by atoms with E-state index in [1.54, 1.807) is 0 Å². The van der Waals surface area contributed by atoms with Crippen molar-refractivity contribution >= 4 is 11.6 Å². The maximum absolute atomic E-state index is 5.82. The summed E-state index contributed by atoms with van der Waals surface area (Å²) in [5.74, 6) is 0. The van der Waals surface area contributed by atoms with Crippen molar-refractivity contribution in [2.24, 2.45) is 0 Å². The zero-order chi connectivity index (χ0) is 11.9. The van der Waals surface area contributed by atoms with Crippen LogP contribution in [0.4, 0.5) is 0 Å². The summed E-state index contributed by atoms with van der Waals surface area (Å²) in [5.41, 5.74) is 2.37. The van der Waals surface area contributed by atoms with Gasteiger partial charge in [-0.05, 0) is 29.8 Å². The molecule has 1 aromatic heterocycles. The molecule has 2 aromatic rings. The Morgan fingerprint density at radius 3 is 2.59 bits per heavy atom. The van der Waals surface area contributed by atoms with Gasteiger partial charge >= 0.3 is 0 Å². The number of nitrogens with one attached hydrogen (secondary N) is 1. The SMILES string of the molecule is Clc1ccc(CNCCc2ccccn2)cc1. The van der Waals surface area contributed by atoms with Gasteiger partial charge in [0.05, 0.1) is 0 Å². The summed E-state index contributed by atoms with van der Waals surface area (Å²) in [6, 6.07) is 13.9. The first-order valence-electron chi connectivity index (χ1n) is 5.70. The second kappa shape index (κ2) is 6.38. The summed E-state index contributed by atoms with van der Waals surface area (Å²) in [4.78, 5) is 4.28. The first-order chi connectivity index (χ1) is 8.34. The van der Waals surface area contributed by atoms with E-state index in [4.69, 9.17) is 11.6 Å². The fourth-order valence-electron chi connectivity index (χ4n) is 1.60. The van der Waals surface area contributed by atoms with Gasteiger partial charge in [0.15, 0.2) is 0 Å². The predicted molar refractivity (Wildman–Crippen MR) is 71.1 cm³/mol. The van der Waals surface area contributed by atoms with Crippen LogP contribution in [0.15, 0.2) is 48.7 Å². The van der Waals surface area contributed by atoms with Crippen molar-refractivity contribution in [1.29, 1.82) is 0 Å². The summed E-state index contributed by atoms with van der Waals surface area (Å²) in [5, 5.41) is 4.17. The van der Waals surface area contributed by atoms with Crippen LogP contribution in [0.25, 0.3) is 0 Å². The molecule has 88 valence electrons. The average molecular weight is 247 g/mol. The van der Waals surface area contributed by atoms with Crippen LogP contribution in [0, 0.1) is 0 Å². The standard InChI is InChI=1S/C14H15ClN2/c15-13-6-4-12(5-7-13)11-16-10-8-14-3-1-2-9-17-14/h1-7,9,16H,8,10-11H2. The Balaban J connectivity index is 1.71. The van der Waals surface area contributed by atoms with Gasteiger partial charge < -0.3 is 5.32 Å². The summed E-state index contributed by atoms with van der Waals surface area (Å²) in [7, 11) is 0. The molecule has 1 N–H and O–H groups in total. The van der Waals surface area contributed by atoms with Crippen LogP contribution in [0.1, 0.15) is 11.3 Å². The molecule has 1 heterocycles. The number of nitrogens with zero attached hydrogens (tertiary/aromatic N) is 1. The third-order valence-electron chi connectivity index (χ3n) is 2.53. The molecule has 2 rings (SSSR count). The summed E-state index contributed by atoms with van der Waals surface area (Å²) >= 11 is 5.82. The maximum Gasteiger partial charge on any atom is 0.0416 e. The molecule has 0 aliphatic carbocycles. The molecular formula is C14H15ClN2. The summed E-state index contributed by atoms with van der Waals surface area (Å²) in [6.07, 6.45) is 2.78. The highest BCUT2D eigenvalue weighted by molar-refractivity contribution is 6.30. The van der Waals surface area contributed by atoms with Crippen molar-refractivity contribution in [2.45, 2.75) is 13.0 Å². The van der Waals surface area contributed by atoms with Crippen molar-refractivity contribution in [1.82, 2.24) is 10.3 Å². The summed E-state index contributed by atoms with van der Waals surface area (Å²) in [6.45, 7) is 1.80. The second-order valence-electron chi connectivity index (χ2n) is 3.87. The highest BCUT2D eigenvalue weighted by Gasteiger charge is 1.95. The smallest absolute Gasteiger partial charge is 0.0416 e. The van der Waals surface area contributed by atoms with Gasteiger partial charge in [-0.25, -0.2) is 0 Å². The van der Waals surface area contributed by atoms with Gasteiger partial charge in [0.25, 0.3) is 0 Å².